The molecule has 2 aliphatic rings. The summed E-state index contributed by atoms with van der Waals surface area (Å²) in [5.41, 5.74) is 0. The minimum atomic E-state index is 0.0924. The van der Waals surface area contributed by atoms with Gasteiger partial charge in [-0.15, -0.1) is 0 Å². The molecule has 0 aromatic heterocycles. The molecular formula is C12H22O2S. The van der Waals surface area contributed by atoms with Crippen molar-refractivity contribution in [2.75, 3.05) is 24.7 Å². The minimum absolute atomic E-state index is 0.0924. The first-order valence-corrected chi connectivity index (χ1v) is 7.41. The summed E-state index contributed by atoms with van der Waals surface area (Å²) in [6.07, 6.45) is 8.06. The third-order valence-corrected chi connectivity index (χ3v) is 4.45. The van der Waals surface area contributed by atoms with Crippen molar-refractivity contribution in [3.8, 4) is 0 Å². The highest BCUT2D eigenvalue weighted by Crippen LogP contribution is 2.28. The van der Waals surface area contributed by atoms with Crippen LogP contribution < -0.4 is 0 Å². The fourth-order valence-corrected chi connectivity index (χ4v) is 3.50. The summed E-state index contributed by atoms with van der Waals surface area (Å²) in [5, 5.41) is 0. The van der Waals surface area contributed by atoms with Gasteiger partial charge in [-0.2, -0.15) is 11.8 Å². The van der Waals surface area contributed by atoms with Gasteiger partial charge in [0.15, 0.2) is 6.29 Å². The van der Waals surface area contributed by atoms with E-state index in [0.29, 0.717) is 0 Å². The standard InChI is InChI=1S/C12H22O2S/c1-2-5-11(4-1)10-15-9-6-12-13-7-3-8-14-12/h11-12H,1-10H2. The average molecular weight is 230 g/mol. The Labute approximate surface area is 97.1 Å². The van der Waals surface area contributed by atoms with Gasteiger partial charge in [0.05, 0.1) is 13.2 Å². The summed E-state index contributed by atoms with van der Waals surface area (Å²) < 4.78 is 11.0. The lowest BCUT2D eigenvalue weighted by atomic mass is 10.1. The first kappa shape index (κ1) is 11.7. The van der Waals surface area contributed by atoms with Crippen LogP contribution in [0.3, 0.4) is 0 Å². The maximum atomic E-state index is 5.51. The van der Waals surface area contributed by atoms with Gasteiger partial charge < -0.3 is 9.47 Å². The van der Waals surface area contributed by atoms with E-state index in [4.69, 9.17) is 9.47 Å². The normalized spacial score (nSPS) is 24.8. The van der Waals surface area contributed by atoms with Gasteiger partial charge in [-0.3, -0.25) is 0 Å². The Morgan fingerprint density at radius 2 is 1.73 bits per heavy atom. The van der Waals surface area contributed by atoms with E-state index in [1.807, 2.05) is 0 Å². The Hall–Kier alpha value is 0.270. The summed E-state index contributed by atoms with van der Waals surface area (Å²) >= 11 is 2.08. The second-order valence-electron chi connectivity index (χ2n) is 4.54. The molecule has 1 saturated heterocycles. The molecule has 3 heteroatoms. The van der Waals surface area contributed by atoms with Gasteiger partial charge in [-0.1, -0.05) is 12.8 Å². The van der Waals surface area contributed by atoms with Gasteiger partial charge in [0.25, 0.3) is 0 Å². The van der Waals surface area contributed by atoms with E-state index in [-0.39, 0.29) is 6.29 Å². The zero-order chi connectivity index (χ0) is 10.3. The van der Waals surface area contributed by atoms with Crippen molar-refractivity contribution in [2.24, 2.45) is 5.92 Å². The second kappa shape index (κ2) is 6.77. The maximum absolute atomic E-state index is 5.51. The first-order valence-electron chi connectivity index (χ1n) is 6.26. The lowest BCUT2D eigenvalue weighted by Crippen LogP contribution is -2.25. The molecule has 0 aromatic carbocycles. The summed E-state index contributed by atoms with van der Waals surface area (Å²) in [5.74, 6) is 3.55. The van der Waals surface area contributed by atoms with E-state index in [2.05, 4.69) is 11.8 Å². The molecule has 88 valence electrons. The number of thioether (sulfide) groups is 1. The fourth-order valence-electron chi connectivity index (χ4n) is 2.31. The molecule has 1 heterocycles. The number of hydrogen-bond acceptors (Lipinski definition) is 3. The van der Waals surface area contributed by atoms with E-state index in [0.717, 1.165) is 32.0 Å². The molecule has 2 nitrogen and oxygen atoms in total. The summed E-state index contributed by atoms with van der Waals surface area (Å²) in [4.78, 5) is 0. The third-order valence-electron chi connectivity index (χ3n) is 3.22. The molecule has 2 rings (SSSR count). The molecule has 2 fully saturated rings. The maximum Gasteiger partial charge on any atom is 0.158 e. The summed E-state index contributed by atoms with van der Waals surface area (Å²) in [7, 11) is 0. The number of rotatable bonds is 5. The molecule has 1 saturated carbocycles. The molecule has 0 amide bonds. The van der Waals surface area contributed by atoms with Crippen LogP contribution in [0.4, 0.5) is 0 Å². The van der Waals surface area contributed by atoms with Crippen LogP contribution in [0.25, 0.3) is 0 Å². The van der Waals surface area contributed by atoms with Crippen molar-refractivity contribution >= 4 is 11.8 Å². The Kier molecular flexibility index (Phi) is 5.30. The van der Waals surface area contributed by atoms with Crippen molar-refractivity contribution in [1.29, 1.82) is 0 Å². The Balaban J connectivity index is 1.47. The largest absolute Gasteiger partial charge is 0.353 e. The van der Waals surface area contributed by atoms with Crippen molar-refractivity contribution in [3.63, 3.8) is 0 Å². The predicted molar refractivity (Wildman–Crippen MR) is 64.2 cm³/mol. The van der Waals surface area contributed by atoms with E-state index >= 15 is 0 Å². The van der Waals surface area contributed by atoms with Gasteiger partial charge in [0.2, 0.25) is 0 Å². The zero-order valence-corrected chi connectivity index (χ0v) is 10.3. The third kappa shape index (κ3) is 4.33. The molecule has 0 unspecified atom stereocenters. The first-order chi connectivity index (χ1) is 7.45. The fraction of sp³-hybridized carbons (Fsp3) is 1.00. The van der Waals surface area contributed by atoms with Crippen LogP contribution in [0.5, 0.6) is 0 Å². The van der Waals surface area contributed by atoms with Crippen LogP contribution in [0.15, 0.2) is 0 Å². The molecule has 0 atom stereocenters. The molecular weight excluding hydrogens is 208 g/mol. The highest BCUT2D eigenvalue weighted by Gasteiger charge is 2.16. The van der Waals surface area contributed by atoms with E-state index in [9.17, 15) is 0 Å². The Morgan fingerprint density at radius 3 is 2.47 bits per heavy atom. The van der Waals surface area contributed by atoms with E-state index in [1.54, 1.807) is 0 Å². The van der Waals surface area contributed by atoms with Gasteiger partial charge >= 0.3 is 0 Å². The molecule has 0 aromatic rings. The van der Waals surface area contributed by atoms with E-state index in [1.165, 1.54) is 37.2 Å². The Bertz CT molecular complexity index is 163. The monoisotopic (exact) mass is 230 g/mol. The van der Waals surface area contributed by atoms with Crippen LogP contribution in [0.2, 0.25) is 0 Å². The van der Waals surface area contributed by atoms with Gasteiger partial charge in [-0.05, 0) is 36.7 Å². The van der Waals surface area contributed by atoms with Gasteiger partial charge in [0.1, 0.15) is 0 Å². The van der Waals surface area contributed by atoms with Crippen LogP contribution in [-0.2, 0) is 9.47 Å². The lowest BCUT2D eigenvalue weighted by Gasteiger charge is -2.23. The lowest BCUT2D eigenvalue weighted by molar-refractivity contribution is -0.178. The van der Waals surface area contributed by atoms with Crippen LogP contribution in [0.1, 0.15) is 38.5 Å². The van der Waals surface area contributed by atoms with Crippen molar-refractivity contribution in [3.05, 3.63) is 0 Å². The van der Waals surface area contributed by atoms with Gasteiger partial charge in [0, 0.05) is 6.42 Å². The highest BCUT2D eigenvalue weighted by molar-refractivity contribution is 7.99. The molecule has 0 spiro atoms. The molecule has 1 aliphatic heterocycles. The molecule has 0 N–H and O–H groups in total. The van der Waals surface area contributed by atoms with Crippen LogP contribution in [-0.4, -0.2) is 31.0 Å². The topological polar surface area (TPSA) is 18.5 Å². The average Bonchev–Trinajstić information content (AvgIpc) is 2.79. The smallest absolute Gasteiger partial charge is 0.158 e. The van der Waals surface area contributed by atoms with Gasteiger partial charge in [-0.25, -0.2) is 0 Å². The SMILES string of the molecule is C1COC(CCSCC2CCCC2)OC1. The van der Waals surface area contributed by atoms with Crippen molar-refractivity contribution in [2.45, 2.75) is 44.8 Å². The van der Waals surface area contributed by atoms with Crippen molar-refractivity contribution < 1.29 is 9.47 Å². The number of ether oxygens (including phenoxy) is 2. The van der Waals surface area contributed by atoms with E-state index < -0.39 is 0 Å². The van der Waals surface area contributed by atoms with Crippen molar-refractivity contribution in [1.82, 2.24) is 0 Å². The second-order valence-corrected chi connectivity index (χ2v) is 5.69. The molecule has 0 bridgehead atoms. The van der Waals surface area contributed by atoms with Crippen LogP contribution in [0, 0.1) is 5.92 Å². The Morgan fingerprint density at radius 1 is 1.00 bits per heavy atom. The summed E-state index contributed by atoms with van der Waals surface area (Å²) in [6, 6.07) is 0. The minimum Gasteiger partial charge on any atom is -0.353 e. The number of hydrogen-bond donors (Lipinski definition) is 0. The summed E-state index contributed by atoms with van der Waals surface area (Å²) in [6.45, 7) is 1.77. The zero-order valence-electron chi connectivity index (χ0n) is 9.45. The van der Waals surface area contributed by atoms with Crippen LogP contribution >= 0.6 is 11.8 Å². The highest BCUT2D eigenvalue weighted by atomic mass is 32.2. The predicted octanol–water partition coefficient (Wildman–Crippen LogP) is 3.06. The molecule has 0 radical (unpaired) electrons. The molecule has 15 heavy (non-hydrogen) atoms. The molecule has 1 aliphatic carbocycles. The quantitative estimate of drug-likeness (QED) is 0.676.